The van der Waals surface area contributed by atoms with Gasteiger partial charge in [-0.1, -0.05) is 23.7 Å². The number of halogens is 1. The monoisotopic (exact) mass is 310 g/mol. The number of benzene rings is 1. The summed E-state index contributed by atoms with van der Waals surface area (Å²) < 4.78 is 0. The molecule has 0 saturated carbocycles. The Kier molecular flexibility index (Phi) is 4.73. The number of nitrogens with one attached hydrogen (secondary N) is 2. The Bertz CT molecular complexity index is 642. The van der Waals surface area contributed by atoms with Gasteiger partial charge in [-0.05, 0) is 29.8 Å². The van der Waals surface area contributed by atoms with E-state index >= 15 is 0 Å². The smallest absolute Gasteiger partial charge is 0.284 e. The van der Waals surface area contributed by atoms with Crippen molar-refractivity contribution < 1.29 is 14.8 Å². The zero-order chi connectivity index (χ0) is 14.5. The van der Waals surface area contributed by atoms with E-state index in [1.807, 2.05) is 6.07 Å². The van der Waals surface area contributed by atoms with Crippen molar-refractivity contribution in [2.45, 2.75) is 6.54 Å². The fourth-order valence-electron chi connectivity index (χ4n) is 1.55. The van der Waals surface area contributed by atoms with Crippen LogP contribution in [0.2, 0.25) is 5.02 Å². The molecule has 0 radical (unpaired) electrons. The number of hydrogen-bond donors (Lipinski definition) is 3. The van der Waals surface area contributed by atoms with Crippen LogP contribution in [-0.2, 0) is 6.54 Å². The predicted molar refractivity (Wildman–Crippen MR) is 76.2 cm³/mol. The first kappa shape index (κ1) is 14.5. The normalized spacial score (nSPS) is 10.1. The molecule has 7 heteroatoms. The van der Waals surface area contributed by atoms with Crippen LogP contribution in [0.1, 0.15) is 24.9 Å². The number of carbonyl (C=O) groups excluding carboxylic acids is 2. The highest BCUT2D eigenvalue weighted by Crippen LogP contribution is 2.16. The van der Waals surface area contributed by atoms with Crippen molar-refractivity contribution in [2.24, 2.45) is 0 Å². The Morgan fingerprint density at radius 3 is 2.50 bits per heavy atom. The van der Waals surface area contributed by atoms with E-state index in [1.54, 1.807) is 18.2 Å². The summed E-state index contributed by atoms with van der Waals surface area (Å²) in [6, 6.07) is 10.2. The molecule has 3 N–H and O–H groups in total. The maximum atomic E-state index is 11.9. The fourth-order valence-corrected chi connectivity index (χ4v) is 2.58. The van der Waals surface area contributed by atoms with Crippen LogP contribution in [0, 0.1) is 0 Å². The fraction of sp³-hybridized carbons (Fsp3) is 0.0769. The van der Waals surface area contributed by atoms with Gasteiger partial charge in [-0.15, -0.1) is 11.3 Å². The summed E-state index contributed by atoms with van der Waals surface area (Å²) in [5, 5.41) is 11.8. The average Bonchev–Trinajstić information content (AvgIpc) is 2.94. The van der Waals surface area contributed by atoms with E-state index in [1.165, 1.54) is 17.6 Å². The Balaban J connectivity index is 1.98. The zero-order valence-electron chi connectivity index (χ0n) is 10.2. The molecule has 104 valence electrons. The van der Waals surface area contributed by atoms with Crippen molar-refractivity contribution in [2.75, 3.05) is 0 Å². The Hall–Kier alpha value is -1.89. The lowest BCUT2D eigenvalue weighted by Gasteiger charge is -2.04. The minimum atomic E-state index is -0.635. The van der Waals surface area contributed by atoms with E-state index < -0.39 is 5.91 Å². The first-order valence-corrected chi connectivity index (χ1v) is 6.86. The van der Waals surface area contributed by atoms with Crippen LogP contribution in [0.15, 0.2) is 36.4 Å². The summed E-state index contributed by atoms with van der Waals surface area (Å²) >= 11 is 6.85. The Labute approximate surface area is 124 Å². The molecule has 5 nitrogen and oxygen atoms in total. The quantitative estimate of drug-likeness (QED) is 0.599. The minimum Gasteiger partial charge on any atom is -0.347 e. The minimum absolute atomic E-state index is 0.264. The number of amides is 2. The van der Waals surface area contributed by atoms with Crippen LogP contribution in [0.3, 0.4) is 0 Å². The molecule has 1 heterocycles. The van der Waals surface area contributed by atoms with Crippen molar-refractivity contribution >= 4 is 34.8 Å². The summed E-state index contributed by atoms with van der Waals surface area (Å²) in [4.78, 5) is 23.7. The molecule has 0 fully saturated rings. The molecule has 1 aromatic carbocycles. The summed E-state index contributed by atoms with van der Waals surface area (Å²) in [7, 11) is 0. The van der Waals surface area contributed by atoms with Gasteiger partial charge in [0, 0.05) is 11.6 Å². The highest BCUT2D eigenvalue weighted by atomic mass is 35.5. The van der Waals surface area contributed by atoms with E-state index in [9.17, 15) is 9.59 Å². The highest BCUT2D eigenvalue weighted by Gasteiger charge is 2.13. The summed E-state index contributed by atoms with van der Waals surface area (Å²) in [6.07, 6.45) is 0. The van der Waals surface area contributed by atoms with Crippen molar-refractivity contribution in [3.8, 4) is 0 Å². The molecular formula is C13H11ClN2O3S. The van der Waals surface area contributed by atoms with E-state index in [-0.39, 0.29) is 10.8 Å². The molecule has 0 aliphatic carbocycles. The molecule has 0 atom stereocenters. The molecule has 0 aliphatic heterocycles. The van der Waals surface area contributed by atoms with Crippen molar-refractivity contribution in [3.05, 3.63) is 56.7 Å². The first-order valence-electron chi connectivity index (χ1n) is 5.67. The standard InChI is InChI=1S/C13H11ClN2O3S/c14-9-3-1-2-8(6-9)7-15-12(17)10-4-5-11(20-10)13(18)16-19/h1-6,19H,7H2,(H,15,17)(H,16,18). The van der Waals surface area contributed by atoms with Gasteiger partial charge >= 0.3 is 0 Å². The molecule has 2 amide bonds. The van der Waals surface area contributed by atoms with Gasteiger partial charge in [0.15, 0.2) is 0 Å². The third-order valence-corrected chi connectivity index (χ3v) is 3.82. The van der Waals surface area contributed by atoms with E-state index in [0.29, 0.717) is 16.4 Å². The molecule has 2 rings (SSSR count). The van der Waals surface area contributed by atoms with Gasteiger partial charge in [-0.25, -0.2) is 5.48 Å². The van der Waals surface area contributed by atoms with Crippen LogP contribution in [0.4, 0.5) is 0 Å². The van der Waals surface area contributed by atoms with Gasteiger partial charge in [0.1, 0.15) is 0 Å². The van der Waals surface area contributed by atoms with E-state index in [4.69, 9.17) is 16.8 Å². The van der Waals surface area contributed by atoms with Gasteiger partial charge in [-0.3, -0.25) is 14.8 Å². The van der Waals surface area contributed by atoms with Gasteiger partial charge in [0.05, 0.1) is 9.75 Å². The Morgan fingerprint density at radius 1 is 1.15 bits per heavy atom. The average molecular weight is 311 g/mol. The molecule has 0 bridgehead atoms. The number of hydroxylamine groups is 1. The van der Waals surface area contributed by atoms with Crippen molar-refractivity contribution in [1.82, 2.24) is 10.8 Å². The van der Waals surface area contributed by atoms with Crippen molar-refractivity contribution in [3.63, 3.8) is 0 Å². The van der Waals surface area contributed by atoms with Crippen LogP contribution >= 0.6 is 22.9 Å². The third-order valence-electron chi connectivity index (χ3n) is 2.50. The van der Waals surface area contributed by atoms with Gasteiger partial charge in [0.2, 0.25) is 0 Å². The molecular weight excluding hydrogens is 300 g/mol. The third kappa shape index (κ3) is 3.57. The lowest BCUT2D eigenvalue weighted by atomic mass is 10.2. The number of hydrogen-bond acceptors (Lipinski definition) is 4. The number of rotatable bonds is 4. The second-order valence-corrected chi connectivity index (χ2v) is 5.44. The topological polar surface area (TPSA) is 78.4 Å². The molecule has 2 aromatic rings. The molecule has 0 saturated heterocycles. The molecule has 0 aliphatic rings. The van der Waals surface area contributed by atoms with E-state index in [0.717, 1.165) is 16.9 Å². The highest BCUT2D eigenvalue weighted by molar-refractivity contribution is 7.15. The van der Waals surface area contributed by atoms with Crippen LogP contribution < -0.4 is 10.8 Å². The van der Waals surface area contributed by atoms with Crippen LogP contribution in [0.25, 0.3) is 0 Å². The lowest BCUT2D eigenvalue weighted by Crippen LogP contribution is -2.21. The summed E-state index contributed by atoms with van der Waals surface area (Å²) in [5.74, 6) is -0.921. The summed E-state index contributed by atoms with van der Waals surface area (Å²) in [5.41, 5.74) is 2.41. The second kappa shape index (κ2) is 6.51. The van der Waals surface area contributed by atoms with Gasteiger partial charge in [-0.2, -0.15) is 0 Å². The summed E-state index contributed by atoms with van der Waals surface area (Å²) in [6.45, 7) is 0.346. The second-order valence-electron chi connectivity index (χ2n) is 3.92. The molecule has 1 aromatic heterocycles. The van der Waals surface area contributed by atoms with Gasteiger partial charge in [0.25, 0.3) is 11.8 Å². The molecule has 0 unspecified atom stereocenters. The predicted octanol–water partition coefficient (Wildman–Crippen LogP) is 2.45. The van der Waals surface area contributed by atoms with Crippen LogP contribution in [-0.4, -0.2) is 17.0 Å². The van der Waals surface area contributed by atoms with Crippen LogP contribution in [0.5, 0.6) is 0 Å². The number of thiophene rings is 1. The molecule has 0 spiro atoms. The molecule has 20 heavy (non-hydrogen) atoms. The van der Waals surface area contributed by atoms with Gasteiger partial charge < -0.3 is 5.32 Å². The lowest BCUT2D eigenvalue weighted by molar-refractivity contribution is 0.0711. The maximum absolute atomic E-state index is 11.9. The van der Waals surface area contributed by atoms with E-state index in [2.05, 4.69) is 5.32 Å². The van der Waals surface area contributed by atoms with Crippen molar-refractivity contribution in [1.29, 1.82) is 0 Å². The maximum Gasteiger partial charge on any atom is 0.284 e. The largest absolute Gasteiger partial charge is 0.347 e. The SMILES string of the molecule is O=C(NO)c1ccc(C(=O)NCc2cccc(Cl)c2)s1. The Morgan fingerprint density at radius 2 is 1.85 bits per heavy atom. The zero-order valence-corrected chi connectivity index (χ0v) is 11.8. The number of carbonyl (C=O) groups is 2. The first-order chi connectivity index (χ1) is 9.60.